The second kappa shape index (κ2) is 5.18. The minimum absolute atomic E-state index is 0.157. The van der Waals surface area contributed by atoms with Gasteiger partial charge in [0, 0.05) is 19.8 Å². The van der Waals surface area contributed by atoms with Crippen LogP contribution in [0.5, 0.6) is 0 Å². The van der Waals surface area contributed by atoms with Gasteiger partial charge in [-0.2, -0.15) is 10.2 Å². The van der Waals surface area contributed by atoms with Crippen molar-refractivity contribution in [2.24, 2.45) is 7.05 Å². The summed E-state index contributed by atoms with van der Waals surface area (Å²) in [6.07, 6.45) is 1.80. The van der Waals surface area contributed by atoms with Crippen LogP contribution in [0.4, 0.5) is 0 Å². The second-order valence-corrected chi connectivity index (χ2v) is 5.85. The fraction of sp³-hybridized carbons (Fsp3) is 0.500. The molecule has 0 aromatic carbocycles. The van der Waals surface area contributed by atoms with Crippen molar-refractivity contribution in [3.8, 4) is 0 Å². The van der Waals surface area contributed by atoms with E-state index in [-0.39, 0.29) is 5.38 Å². The molecule has 3 heterocycles. The highest BCUT2D eigenvalue weighted by Gasteiger charge is 2.21. The number of imidazole rings is 1. The van der Waals surface area contributed by atoms with Gasteiger partial charge in [0.15, 0.2) is 5.65 Å². The lowest BCUT2D eigenvalue weighted by Gasteiger charge is -2.12. The molecule has 7 heteroatoms. The van der Waals surface area contributed by atoms with Crippen molar-refractivity contribution in [1.82, 2.24) is 29.1 Å². The molecule has 0 aliphatic heterocycles. The number of aryl methyl sites for hydroxylation is 3. The SMILES string of the molecule is CCn1nc(C)c2nc(C(C)Cl)n(Cc3ccnn3C)c21. The predicted octanol–water partition coefficient (Wildman–Crippen LogP) is 2.64. The number of hydrogen-bond donors (Lipinski definition) is 0. The van der Waals surface area contributed by atoms with Crippen molar-refractivity contribution in [1.29, 1.82) is 0 Å². The van der Waals surface area contributed by atoms with Crippen molar-refractivity contribution < 1.29 is 0 Å². The summed E-state index contributed by atoms with van der Waals surface area (Å²) in [4.78, 5) is 4.71. The normalized spacial score (nSPS) is 13.2. The van der Waals surface area contributed by atoms with Crippen molar-refractivity contribution in [2.75, 3.05) is 0 Å². The molecule has 0 radical (unpaired) electrons. The molecule has 0 N–H and O–H groups in total. The molecule has 0 aliphatic rings. The average Bonchev–Trinajstić information content (AvgIpc) is 3.08. The minimum atomic E-state index is -0.157. The summed E-state index contributed by atoms with van der Waals surface area (Å²) >= 11 is 6.33. The Labute approximate surface area is 128 Å². The molecule has 3 aromatic heterocycles. The largest absolute Gasteiger partial charge is 0.306 e. The van der Waals surface area contributed by atoms with Crippen LogP contribution in [0.3, 0.4) is 0 Å². The van der Waals surface area contributed by atoms with E-state index < -0.39 is 0 Å². The number of halogens is 1. The van der Waals surface area contributed by atoms with Crippen LogP contribution < -0.4 is 0 Å². The molecule has 112 valence electrons. The highest BCUT2D eigenvalue weighted by Crippen LogP contribution is 2.27. The summed E-state index contributed by atoms with van der Waals surface area (Å²) in [5.41, 5.74) is 4.00. The number of nitrogens with zero attached hydrogens (tertiary/aromatic N) is 6. The Bertz CT molecular complexity index is 779. The number of rotatable bonds is 4. The molecule has 0 saturated heterocycles. The number of fused-ring (bicyclic) bond motifs is 1. The van der Waals surface area contributed by atoms with Crippen LogP contribution in [0.15, 0.2) is 12.3 Å². The van der Waals surface area contributed by atoms with Gasteiger partial charge < -0.3 is 4.57 Å². The maximum atomic E-state index is 6.33. The minimum Gasteiger partial charge on any atom is -0.306 e. The fourth-order valence-electron chi connectivity index (χ4n) is 2.64. The summed E-state index contributed by atoms with van der Waals surface area (Å²) in [5, 5.41) is 8.62. The van der Waals surface area contributed by atoms with Crippen molar-refractivity contribution in [3.63, 3.8) is 0 Å². The standard InChI is InChI=1S/C14H19ClN6/c1-5-21-14-12(10(3)18-21)17-13(9(2)15)20(14)8-11-6-7-16-19(11)4/h6-7,9H,5,8H2,1-4H3. The van der Waals surface area contributed by atoms with Gasteiger partial charge in [0.25, 0.3) is 0 Å². The zero-order valence-electron chi connectivity index (χ0n) is 12.7. The quantitative estimate of drug-likeness (QED) is 0.696. The van der Waals surface area contributed by atoms with Gasteiger partial charge in [-0.25, -0.2) is 9.67 Å². The second-order valence-electron chi connectivity index (χ2n) is 5.19. The summed E-state index contributed by atoms with van der Waals surface area (Å²) < 4.78 is 6.00. The fourth-order valence-corrected chi connectivity index (χ4v) is 2.81. The van der Waals surface area contributed by atoms with Gasteiger partial charge in [-0.15, -0.1) is 11.6 Å². The Balaban J connectivity index is 2.22. The molecule has 1 unspecified atom stereocenters. The van der Waals surface area contributed by atoms with Crippen LogP contribution in [-0.4, -0.2) is 29.1 Å². The molecule has 6 nitrogen and oxygen atoms in total. The van der Waals surface area contributed by atoms with Gasteiger partial charge in [0.05, 0.1) is 23.3 Å². The van der Waals surface area contributed by atoms with E-state index in [1.54, 1.807) is 6.20 Å². The molecule has 0 fully saturated rings. The lowest BCUT2D eigenvalue weighted by Crippen LogP contribution is -2.12. The monoisotopic (exact) mass is 306 g/mol. The van der Waals surface area contributed by atoms with E-state index in [1.165, 1.54) is 0 Å². The Hall–Kier alpha value is -1.82. The molecule has 0 amide bonds. The molecular formula is C14H19ClN6. The first kappa shape index (κ1) is 14.1. The van der Waals surface area contributed by atoms with E-state index in [1.807, 2.05) is 36.3 Å². The lowest BCUT2D eigenvalue weighted by atomic mass is 10.3. The third-order valence-electron chi connectivity index (χ3n) is 3.73. The van der Waals surface area contributed by atoms with E-state index in [0.29, 0.717) is 6.54 Å². The van der Waals surface area contributed by atoms with Crippen LogP contribution in [0.25, 0.3) is 11.2 Å². The lowest BCUT2D eigenvalue weighted by molar-refractivity contribution is 0.612. The van der Waals surface area contributed by atoms with Crippen LogP contribution >= 0.6 is 11.6 Å². The highest BCUT2D eigenvalue weighted by molar-refractivity contribution is 6.20. The van der Waals surface area contributed by atoms with Crippen molar-refractivity contribution in [3.05, 3.63) is 29.5 Å². The molecule has 3 aromatic rings. The zero-order valence-corrected chi connectivity index (χ0v) is 13.5. The van der Waals surface area contributed by atoms with Crippen LogP contribution in [0, 0.1) is 6.92 Å². The summed E-state index contributed by atoms with van der Waals surface area (Å²) in [6.45, 7) is 7.50. The van der Waals surface area contributed by atoms with Crippen LogP contribution in [-0.2, 0) is 20.1 Å². The Morgan fingerprint density at radius 1 is 1.38 bits per heavy atom. The molecule has 0 bridgehead atoms. The van der Waals surface area contributed by atoms with Gasteiger partial charge in [0.1, 0.15) is 11.3 Å². The van der Waals surface area contributed by atoms with Gasteiger partial charge in [-0.1, -0.05) is 0 Å². The Morgan fingerprint density at radius 2 is 2.14 bits per heavy atom. The first-order valence-electron chi connectivity index (χ1n) is 7.07. The Kier molecular flexibility index (Phi) is 3.49. The van der Waals surface area contributed by atoms with E-state index in [9.17, 15) is 0 Å². The highest BCUT2D eigenvalue weighted by atomic mass is 35.5. The third kappa shape index (κ3) is 2.23. The summed E-state index contributed by atoms with van der Waals surface area (Å²) in [7, 11) is 1.94. The zero-order chi connectivity index (χ0) is 15.1. The summed E-state index contributed by atoms with van der Waals surface area (Å²) in [6, 6.07) is 2.01. The topological polar surface area (TPSA) is 53.5 Å². The smallest absolute Gasteiger partial charge is 0.159 e. The average molecular weight is 307 g/mol. The van der Waals surface area contributed by atoms with Gasteiger partial charge in [0.2, 0.25) is 0 Å². The van der Waals surface area contributed by atoms with E-state index >= 15 is 0 Å². The summed E-state index contributed by atoms with van der Waals surface area (Å²) in [5.74, 6) is 0.871. The van der Waals surface area contributed by atoms with Crippen molar-refractivity contribution in [2.45, 2.75) is 39.2 Å². The maximum Gasteiger partial charge on any atom is 0.159 e. The third-order valence-corrected chi connectivity index (χ3v) is 3.92. The predicted molar refractivity (Wildman–Crippen MR) is 82.5 cm³/mol. The van der Waals surface area contributed by atoms with Gasteiger partial charge in [-0.05, 0) is 26.8 Å². The van der Waals surface area contributed by atoms with Crippen LogP contribution in [0.2, 0.25) is 0 Å². The van der Waals surface area contributed by atoms with Crippen molar-refractivity contribution >= 4 is 22.8 Å². The maximum absolute atomic E-state index is 6.33. The van der Waals surface area contributed by atoms with E-state index in [4.69, 9.17) is 16.6 Å². The molecule has 0 aliphatic carbocycles. The first-order chi connectivity index (χ1) is 10.0. The number of aromatic nitrogens is 6. The van der Waals surface area contributed by atoms with E-state index in [2.05, 4.69) is 21.7 Å². The number of hydrogen-bond acceptors (Lipinski definition) is 3. The molecule has 0 saturated carbocycles. The number of alkyl halides is 1. The molecule has 3 rings (SSSR count). The Morgan fingerprint density at radius 3 is 2.71 bits per heavy atom. The van der Waals surface area contributed by atoms with Gasteiger partial charge >= 0.3 is 0 Å². The van der Waals surface area contributed by atoms with Crippen LogP contribution in [0.1, 0.15) is 36.4 Å². The molecule has 21 heavy (non-hydrogen) atoms. The molecule has 1 atom stereocenters. The molecule has 0 spiro atoms. The molecular weight excluding hydrogens is 288 g/mol. The first-order valence-corrected chi connectivity index (χ1v) is 7.51. The van der Waals surface area contributed by atoms with E-state index in [0.717, 1.165) is 34.9 Å². The van der Waals surface area contributed by atoms with Gasteiger partial charge in [-0.3, -0.25) is 4.68 Å².